The number of phosphoric ester groups is 2. The molecule has 124 heavy (non-hydrogen) atoms. The van der Waals surface area contributed by atoms with E-state index < -0.39 is 27.9 Å². The smallest absolute Gasteiger partial charge is 0.379 e. The first kappa shape index (κ1) is 107. The number of ether oxygens (including phenoxy) is 6. The third-order valence-electron chi connectivity index (χ3n) is 34.3. The number of allylic oxidation sites excluding steroid dienone is 2. The Labute approximate surface area is 762 Å². The van der Waals surface area contributed by atoms with Gasteiger partial charge in [0.1, 0.15) is 38.5 Å². The Morgan fingerprint density at radius 1 is 0.387 bits per heavy atom. The van der Waals surface area contributed by atoms with Gasteiger partial charge in [0.15, 0.2) is 0 Å². The SMILES string of the molecule is CC(C)CCC[C@@H](C)[C@H]1CC[C@H]2[C@@H]3CC=C4C[C@@H](OCCO[C@H](COCCCCCCCCCCCCC[C@@H]5CCC[C@H](CCCCCCCCCCCCCOC[C@H](COP(=O)(O)OCC[N+](C)(C)C)OCCO[C@H]6CC[C@@]7(C)C(=CC[C@H]8[C@@H]9CC[C@H]([C@H](C)CCCC(C)C)[C@@]9(C)CC[C@@H]87)C6)C5)COP(=O)(O)OCC[N+](C)(C)C)CC[C@]4(C)[C@H]3CC[C@]12C. The summed E-state index contributed by atoms with van der Waals surface area (Å²) in [5, 5.41) is 0. The van der Waals surface area contributed by atoms with E-state index in [1.165, 1.54) is 270 Å². The first-order valence-electron chi connectivity index (χ1n) is 53.0. The molecular weight excluding hydrogens is 1590 g/mol. The second-order valence-electron chi connectivity index (χ2n) is 46.7. The lowest BCUT2D eigenvalue weighted by atomic mass is 9.47. The molecule has 0 saturated heterocycles. The van der Waals surface area contributed by atoms with E-state index in [1.54, 1.807) is 11.1 Å². The minimum atomic E-state index is -4.25. The van der Waals surface area contributed by atoms with Gasteiger partial charge in [-0.05, 0) is 227 Å². The van der Waals surface area contributed by atoms with Gasteiger partial charge in [0, 0.05) is 13.2 Å². The van der Waals surface area contributed by atoms with E-state index in [1.807, 2.05) is 42.3 Å². The maximum atomic E-state index is 13.0. The molecule has 9 rings (SSSR count). The Kier molecular flexibility index (Phi) is 46.3. The summed E-state index contributed by atoms with van der Waals surface area (Å²) in [6, 6.07) is 0. The van der Waals surface area contributed by atoms with Gasteiger partial charge in [0.05, 0.1) is 107 Å². The van der Waals surface area contributed by atoms with Crippen molar-refractivity contribution < 1.29 is 74.4 Å². The van der Waals surface area contributed by atoms with Gasteiger partial charge in [-0.3, -0.25) is 18.1 Å². The van der Waals surface area contributed by atoms with Crippen molar-refractivity contribution in [2.75, 3.05) is 135 Å². The lowest BCUT2D eigenvalue weighted by Crippen LogP contribution is -2.51. The van der Waals surface area contributed by atoms with Crippen LogP contribution >= 0.6 is 15.6 Å². The Morgan fingerprint density at radius 2 is 0.750 bits per heavy atom. The van der Waals surface area contributed by atoms with Crippen LogP contribution in [0.1, 0.15) is 390 Å². The van der Waals surface area contributed by atoms with Crippen LogP contribution in [0.25, 0.3) is 0 Å². The number of nitrogens with zero attached hydrogens (tertiary/aromatic N) is 2. The second-order valence-corrected chi connectivity index (χ2v) is 49.6. The number of phosphoric acid groups is 2. The first-order valence-corrected chi connectivity index (χ1v) is 56.0. The maximum absolute atomic E-state index is 13.0. The van der Waals surface area contributed by atoms with Crippen molar-refractivity contribution in [2.24, 2.45) is 105 Å². The minimum Gasteiger partial charge on any atom is -0.379 e. The highest BCUT2D eigenvalue weighted by atomic mass is 31.2. The van der Waals surface area contributed by atoms with Gasteiger partial charge in [0.25, 0.3) is 0 Å². The van der Waals surface area contributed by atoms with Gasteiger partial charge in [-0.15, -0.1) is 0 Å². The molecule has 0 aromatic rings. The number of fused-ring (bicyclic) bond motifs is 10. The highest BCUT2D eigenvalue weighted by Gasteiger charge is 2.61. The molecule has 0 aliphatic heterocycles. The molecular formula is C106H198N2O14P2+2. The van der Waals surface area contributed by atoms with Gasteiger partial charge >= 0.3 is 15.6 Å². The molecule has 0 spiro atoms. The summed E-state index contributed by atoms with van der Waals surface area (Å²) >= 11 is 0. The van der Waals surface area contributed by atoms with Gasteiger partial charge in [-0.1, -0.05) is 292 Å². The molecule has 724 valence electrons. The molecule has 0 heterocycles. The third-order valence-corrected chi connectivity index (χ3v) is 36.3. The standard InChI is InChI=1S/C106H196N2O14P2/c1-83(2)42-39-44-85(5)97-54-56-99-95-52-50-89-77-91(58-62-103(89,7)101(95)60-64-105(97,99)9)115-72-74-117-93(81-121-123(109,110)119-70-66-107(11,12)13)79-113-68-37-33-29-25-21-17-19-23-27-31-35-46-87-48-41-49-88(76-87)47-36-32-28-24-20-18-22-26-30-34-38-69-114-80-94(82-122-124(111,112)120-71-67-108(14,15)16)118-75-73-116-92-59-63-104(8)90(78-92)51-53-96-100-57-55-98(86(6)45-40-43-84(3)4)106(100,10)65-61-102(96)104/h50-51,83-88,91-102H,17-49,52-82H2,1-16H3/p+2/t85-,86-,87-,88+,91+,92+,93-,94-,95+,96+,97-,98-,99+,100+,101+,102+,103+,104+,105-,106-/m1/s1. The van der Waals surface area contributed by atoms with Crippen molar-refractivity contribution in [3.05, 3.63) is 23.3 Å². The van der Waals surface area contributed by atoms with Gasteiger partial charge in [-0.25, -0.2) is 9.13 Å². The highest BCUT2D eigenvalue weighted by molar-refractivity contribution is 7.47. The van der Waals surface area contributed by atoms with Crippen LogP contribution in [0, 0.1) is 105 Å². The quantitative estimate of drug-likeness (QED) is 0.0255. The molecule has 9 aliphatic rings. The van der Waals surface area contributed by atoms with E-state index in [4.69, 9.17) is 46.5 Å². The molecule has 0 aromatic heterocycles. The van der Waals surface area contributed by atoms with Crippen molar-refractivity contribution in [3.63, 3.8) is 0 Å². The molecule has 7 fully saturated rings. The van der Waals surface area contributed by atoms with Crippen LogP contribution in [-0.2, 0) is 55.6 Å². The van der Waals surface area contributed by atoms with Crippen LogP contribution in [0.5, 0.6) is 0 Å². The van der Waals surface area contributed by atoms with E-state index in [0.717, 1.165) is 134 Å². The maximum Gasteiger partial charge on any atom is 0.472 e. The average Bonchev–Trinajstić information content (AvgIpc) is 1.35. The molecule has 2 unspecified atom stereocenters. The molecule has 2 N–H and O–H groups in total. The number of rotatable bonds is 66. The fourth-order valence-electron chi connectivity index (χ4n) is 26.8. The second kappa shape index (κ2) is 53.6. The lowest BCUT2D eigenvalue weighted by molar-refractivity contribution is -0.870. The van der Waals surface area contributed by atoms with E-state index in [9.17, 15) is 18.9 Å². The van der Waals surface area contributed by atoms with E-state index >= 15 is 0 Å². The lowest BCUT2D eigenvalue weighted by Gasteiger charge is -2.58. The summed E-state index contributed by atoms with van der Waals surface area (Å²) in [4.78, 5) is 21.2. The molecule has 7 saturated carbocycles. The van der Waals surface area contributed by atoms with Crippen molar-refractivity contribution in [1.29, 1.82) is 0 Å². The van der Waals surface area contributed by atoms with Gasteiger partial charge in [-0.2, -0.15) is 0 Å². The van der Waals surface area contributed by atoms with E-state index in [-0.39, 0.29) is 49.5 Å². The van der Waals surface area contributed by atoms with Crippen LogP contribution in [0.4, 0.5) is 0 Å². The number of hydrogen-bond donors (Lipinski definition) is 2. The molecule has 0 radical (unpaired) electrons. The summed E-state index contributed by atoms with van der Waals surface area (Å²) in [6.45, 7) is 30.2. The Bertz CT molecular complexity index is 2900. The van der Waals surface area contributed by atoms with Crippen molar-refractivity contribution in [3.8, 4) is 0 Å². The largest absolute Gasteiger partial charge is 0.472 e. The summed E-state index contributed by atoms with van der Waals surface area (Å²) in [5.41, 5.74) is 4.89. The summed E-state index contributed by atoms with van der Waals surface area (Å²) in [7, 11) is 3.67. The van der Waals surface area contributed by atoms with Crippen LogP contribution in [0.2, 0.25) is 0 Å². The molecule has 16 nitrogen and oxygen atoms in total. The molecule has 9 aliphatic carbocycles. The predicted molar refractivity (Wildman–Crippen MR) is 512 cm³/mol. The predicted octanol–water partition coefficient (Wildman–Crippen LogP) is 27.5. The van der Waals surface area contributed by atoms with Gasteiger partial charge < -0.3 is 47.2 Å². The number of quaternary nitrogens is 2. The molecule has 22 atom stereocenters. The number of hydrogen-bond acceptors (Lipinski definition) is 12. The van der Waals surface area contributed by atoms with Crippen LogP contribution in [-0.4, -0.2) is 178 Å². The fraction of sp³-hybridized carbons (Fsp3) is 0.962. The van der Waals surface area contributed by atoms with E-state index in [2.05, 4.69) is 81.4 Å². The fourth-order valence-corrected chi connectivity index (χ4v) is 28.3. The van der Waals surface area contributed by atoms with Crippen molar-refractivity contribution in [1.82, 2.24) is 0 Å². The average molecular weight is 1790 g/mol. The monoisotopic (exact) mass is 1790 g/mol. The van der Waals surface area contributed by atoms with E-state index in [0.29, 0.717) is 85.7 Å². The zero-order valence-corrected chi connectivity index (χ0v) is 85.2. The normalized spacial score (nSPS) is 31.5. The summed E-state index contributed by atoms with van der Waals surface area (Å²) in [5.74, 6) is 12.0. The molecule has 0 bridgehead atoms. The number of likely N-dealkylation sites (N-methyl/N-ethyl adjacent to an activating group) is 2. The minimum absolute atomic E-state index is 0.0754. The number of unbranched alkanes of at least 4 members (excludes halogenated alkanes) is 20. The highest BCUT2D eigenvalue weighted by Crippen LogP contribution is 2.70. The zero-order valence-electron chi connectivity index (χ0n) is 83.4. The molecule has 18 heteroatoms. The topological polar surface area (TPSA) is 167 Å². The van der Waals surface area contributed by atoms with Gasteiger partial charge in [0.2, 0.25) is 0 Å². The van der Waals surface area contributed by atoms with Crippen LogP contribution < -0.4 is 0 Å². The Morgan fingerprint density at radius 3 is 1.11 bits per heavy atom. The Balaban J connectivity index is 0.545. The molecule has 0 aromatic carbocycles. The summed E-state index contributed by atoms with van der Waals surface area (Å²) < 4.78 is 87.1. The Hall–Kier alpha value is -0.620. The summed E-state index contributed by atoms with van der Waals surface area (Å²) in [6.07, 6.45) is 70.9. The zero-order chi connectivity index (χ0) is 89.3. The first-order chi connectivity index (χ1) is 59.2. The third kappa shape index (κ3) is 35.3. The van der Waals surface area contributed by atoms with Crippen LogP contribution in [0.15, 0.2) is 23.3 Å². The molecule has 0 amide bonds. The van der Waals surface area contributed by atoms with Crippen molar-refractivity contribution in [2.45, 2.75) is 415 Å². The van der Waals surface area contributed by atoms with Crippen molar-refractivity contribution >= 4 is 15.6 Å². The van der Waals surface area contributed by atoms with Crippen LogP contribution in [0.3, 0.4) is 0 Å².